The zero-order valence-electron chi connectivity index (χ0n) is 11.1. The highest BCUT2D eigenvalue weighted by atomic mass is 19.1. The second kappa shape index (κ2) is 6.17. The molecule has 0 saturated carbocycles. The number of anilines is 1. The van der Waals surface area contributed by atoms with E-state index in [1.54, 1.807) is 13.8 Å². The number of carbonyl (C=O) groups excluding carboxylic acids is 2. The van der Waals surface area contributed by atoms with Crippen LogP contribution < -0.4 is 11.1 Å². The molecule has 0 atom stereocenters. The summed E-state index contributed by atoms with van der Waals surface area (Å²) in [4.78, 5) is 22.9. The number of nitrogen functional groups attached to an aromatic ring is 1. The number of nitrogens with one attached hydrogen (secondary N) is 1. The van der Waals surface area contributed by atoms with Crippen molar-refractivity contribution in [2.45, 2.75) is 26.8 Å². The first-order valence-corrected chi connectivity index (χ1v) is 5.83. The van der Waals surface area contributed by atoms with E-state index in [4.69, 9.17) is 10.5 Å². The van der Waals surface area contributed by atoms with Crippen molar-refractivity contribution in [3.63, 3.8) is 0 Å². The number of amides is 1. The van der Waals surface area contributed by atoms with E-state index in [2.05, 4.69) is 5.32 Å². The molecule has 1 aromatic rings. The van der Waals surface area contributed by atoms with Crippen LogP contribution in [-0.4, -0.2) is 24.5 Å². The van der Waals surface area contributed by atoms with Crippen molar-refractivity contribution in [1.82, 2.24) is 5.32 Å². The van der Waals surface area contributed by atoms with Gasteiger partial charge in [0.25, 0.3) is 5.91 Å². The fraction of sp³-hybridized carbons (Fsp3) is 0.385. The molecule has 6 heteroatoms. The molecule has 1 aromatic carbocycles. The van der Waals surface area contributed by atoms with E-state index in [-0.39, 0.29) is 22.9 Å². The molecule has 0 spiro atoms. The lowest BCUT2D eigenvalue weighted by atomic mass is 10.1. The van der Waals surface area contributed by atoms with Crippen molar-refractivity contribution in [2.75, 3.05) is 12.3 Å². The average Bonchev–Trinajstić information content (AvgIpc) is 2.31. The minimum Gasteiger partial charge on any atom is -0.452 e. The first kappa shape index (κ1) is 14.9. The Hall–Kier alpha value is -2.11. The van der Waals surface area contributed by atoms with Crippen molar-refractivity contribution in [3.8, 4) is 0 Å². The predicted molar refractivity (Wildman–Crippen MR) is 69.1 cm³/mol. The third-order valence-electron chi connectivity index (χ3n) is 2.40. The van der Waals surface area contributed by atoms with E-state index in [1.807, 2.05) is 0 Å². The fourth-order valence-electron chi connectivity index (χ4n) is 1.40. The van der Waals surface area contributed by atoms with Gasteiger partial charge in [0.1, 0.15) is 5.82 Å². The lowest BCUT2D eigenvalue weighted by molar-refractivity contribution is -0.124. The van der Waals surface area contributed by atoms with Gasteiger partial charge in [-0.25, -0.2) is 9.18 Å². The molecule has 1 rings (SSSR count). The Morgan fingerprint density at radius 1 is 1.42 bits per heavy atom. The van der Waals surface area contributed by atoms with Crippen molar-refractivity contribution in [1.29, 1.82) is 0 Å². The normalized spacial score (nSPS) is 10.4. The number of hydrogen-bond acceptors (Lipinski definition) is 4. The quantitative estimate of drug-likeness (QED) is 0.639. The summed E-state index contributed by atoms with van der Waals surface area (Å²) in [6, 6.07) is 2.31. The molecule has 0 heterocycles. The molecule has 5 nitrogen and oxygen atoms in total. The minimum atomic E-state index is -0.787. The maximum absolute atomic E-state index is 13.4. The number of hydrogen-bond donors (Lipinski definition) is 2. The molecule has 0 saturated heterocycles. The Morgan fingerprint density at radius 3 is 2.58 bits per heavy atom. The number of halogens is 1. The van der Waals surface area contributed by atoms with Gasteiger partial charge in [-0.3, -0.25) is 4.79 Å². The molecule has 19 heavy (non-hydrogen) atoms. The Kier molecular flexibility index (Phi) is 4.86. The van der Waals surface area contributed by atoms with E-state index >= 15 is 0 Å². The Balaban J connectivity index is 2.67. The molecule has 0 aromatic heterocycles. The van der Waals surface area contributed by atoms with Gasteiger partial charge in [0.15, 0.2) is 6.61 Å². The monoisotopic (exact) mass is 268 g/mol. The summed E-state index contributed by atoms with van der Waals surface area (Å²) in [6.07, 6.45) is 0. The summed E-state index contributed by atoms with van der Waals surface area (Å²) < 4.78 is 18.2. The van der Waals surface area contributed by atoms with Gasteiger partial charge in [-0.2, -0.15) is 0 Å². The van der Waals surface area contributed by atoms with Gasteiger partial charge in [0, 0.05) is 17.3 Å². The van der Waals surface area contributed by atoms with Crippen LogP contribution in [0.15, 0.2) is 12.1 Å². The summed E-state index contributed by atoms with van der Waals surface area (Å²) >= 11 is 0. The van der Waals surface area contributed by atoms with E-state index in [1.165, 1.54) is 13.0 Å². The van der Waals surface area contributed by atoms with E-state index in [9.17, 15) is 14.0 Å². The highest BCUT2D eigenvalue weighted by Gasteiger charge is 2.14. The zero-order chi connectivity index (χ0) is 14.6. The molecule has 0 radical (unpaired) electrons. The standard InChI is InChI=1S/C13H17FN2O3/c1-7(2)16-12(17)6-19-13(18)9-4-10(14)8(3)11(15)5-9/h4-5,7H,6,15H2,1-3H3,(H,16,17). The number of benzene rings is 1. The second-order valence-electron chi connectivity index (χ2n) is 4.47. The fourth-order valence-corrected chi connectivity index (χ4v) is 1.40. The Bertz CT molecular complexity index is 478. The number of ether oxygens (including phenoxy) is 1. The van der Waals surface area contributed by atoms with Crippen LogP contribution >= 0.6 is 0 Å². The van der Waals surface area contributed by atoms with Crippen LogP contribution in [0.5, 0.6) is 0 Å². The van der Waals surface area contributed by atoms with Gasteiger partial charge in [0.2, 0.25) is 0 Å². The van der Waals surface area contributed by atoms with Crippen LogP contribution in [0, 0.1) is 12.7 Å². The van der Waals surface area contributed by atoms with Crippen LogP contribution in [0.1, 0.15) is 29.8 Å². The van der Waals surface area contributed by atoms with E-state index in [0.29, 0.717) is 0 Å². The largest absolute Gasteiger partial charge is 0.452 e. The average molecular weight is 268 g/mol. The lowest BCUT2D eigenvalue weighted by Crippen LogP contribution is -2.34. The van der Waals surface area contributed by atoms with Gasteiger partial charge in [-0.05, 0) is 32.9 Å². The van der Waals surface area contributed by atoms with Crippen LogP contribution in [0.2, 0.25) is 0 Å². The van der Waals surface area contributed by atoms with Crippen LogP contribution in [-0.2, 0) is 9.53 Å². The van der Waals surface area contributed by atoms with Crippen molar-refractivity contribution < 1.29 is 18.7 Å². The summed E-state index contributed by atoms with van der Waals surface area (Å²) in [6.45, 7) is 4.67. The van der Waals surface area contributed by atoms with E-state index in [0.717, 1.165) is 6.07 Å². The van der Waals surface area contributed by atoms with Crippen molar-refractivity contribution >= 4 is 17.6 Å². The summed E-state index contributed by atoms with van der Waals surface area (Å²) in [5, 5.41) is 2.57. The Labute approximate surface area is 110 Å². The minimum absolute atomic E-state index is 0.0158. The van der Waals surface area contributed by atoms with Crippen molar-refractivity contribution in [2.24, 2.45) is 0 Å². The number of carbonyl (C=O) groups is 2. The third kappa shape index (κ3) is 4.24. The second-order valence-corrected chi connectivity index (χ2v) is 4.47. The van der Waals surface area contributed by atoms with Gasteiger partial charge in [-0.1, -0.05) is 0 Å². The third-order valence-corrected chi connectivity index (χ3v) is 2.40. The number of esters is 1. The molecule has 3 N–H and O–H groups in total. The molecule has 0 aliphatic rings. The van der Waals surface area contributed by atoms with Gasteiger partial charge in [0.05, 0.1) is 5.56 Å². The molecule has 0 bridgehead atoms. The van der Waals surface area contributed by atoms with Crippen LogP contribution in [0.3, 0.4) is 0 Å². The predicted octanol–water partition coefficient (Wildman–Crippen LogP) is 1.40. The highest BCUT2D eigenvalue weighted by Crippen LogP contribution is 2.18. The summed E-state index contributed by atoms with van der Waals surface area (Å²) in [5.41, 5.74) is 5.98. The summed E-state index contributed by atoms with van der Waals surface area (Å²) in [5.74, 6) is -1.79. The molecule has 0 aliphatic heterocycles. The lowest BCUT2D eigenvalue weighted by Gasteiger charge is -2.09. The summed E-state index contributed by atoms with van der Waals surface area (Å²) in [7, 11) is 0. The van der Waals surface area contributed by atoms with Crippen molar-refractivity contribution in [3.05, 3.63) is 29.1 Å². The van der Waals surface area contributed by atoms with Gasteiger partial charge < -0.3 is 15.8 Å². The number of nitrogens with two attached hydrogens (primary N) is 1. The van der Waals surface area contributed by atoms with Gasteiger partial charge in [-0.15, -0.1) is 0 Å². The van der Waals surface area contributed by atoms with Crippen LogP contribution in [0.25, 0.3) is 0 Å². The SMILES string of the molecule is Cc1c(N)cc(C(=O)OCC(=O)NC(C)C)cc1F. The molecule has 0 unspecified atom stereocenters. The molecule has 0 aliphatic carbocycles. The zero-order valence-corrected chi connectivity index (χ0v) is 11.1. The molecule has 104 valence electrons. The molecule has 0 fully saturated rings. The van der Waals surface area contributed by atoms with Crippen LogP contribution in [0.4, 0.5) is 10.1 Å². The maximum Gasteiger partial charge on any atom is 0.338 e. The van der Waals surface area contributed by atoms with E-state index < -0.39 is 24.3 Å². The molecular formula is C13H17FN2O3. The first-order chi connectivity index (χ1) is 8.81. The maximum atomic E-state index is 13.4. The Morgan fingerprint density at radius 2 is 2.05 bits per heavy atom. The van der Waals surface area contributed by atoms with Gasteiger partial charge >= 0.3 is 5.97 Å². The first-order valence-electron chi connectivity index (χ1n) is 5.83. The topological polar surface area (TPSA) is 81.4 Å². The number of rotatable bonds is 4. The molecule has 1 amide bonds. The smallest absolute Gasteiger partial charge is 0.338 e. The molecular weight excluding hydrogens is 251 g/mol. The highest BCUT2D eigenvalue weighted by molar-refractivity contribution is 5.92.